The van der Waals surface area contributed by atoms with Crippen LogP contribution in [0.2, 0.25) is 0 Å². The van der Waals surface area contributed by atoms with E-state index < -0.39 is 11.7 Å². The van der Waals surface area contributed by atoms with Gasteiger partial charge in [-0.3, -0.25) is 4.79 Å². The molecule has 0 saturated carbocycles. The number of hydrogen-bond acceptors (Lipinski definition) is 6. The molecule has 0 unspecified atom stereocenters. The van der Waals surface area contributed by atoms with Crippen LogP contribution >= 0.6 is 0 Å². The van der Waals surface area contributed by atoms with Gasteiger partial charge in [-0.15, -0.1) is 0 Å². The number of rotatable bonds is 5. The normalized spacial score (nSPS) is 15.1. The molecule has 1 aliphatic rings. The van der Waals surface area contributed by atoms with Crippen molar-refractivity contribution in [3.05, 3.63) is 63.8 Å². The molecule has 0 amide bonds. The van der Waals surface area contributed by atoms with Crippen LogP contribution in [-0.4, -0.2) is 32.8 Å². The summed E-state index contributed by atoms with van der Waals surface area (Å²) in [6, 6.07) is 4.09. The third kappa shape index (κ3) is 4.38. The lowest BCUT2D eigenvalue weighted by molar-refractivity contribution is 0.0888. The Morgan fingerprint density at radius 2 is 1.55 bits per heavy atom. The maximum atomic E-state index is 13.3. The van der Waals surface area contributed by atoms with Crippen molar-refractivity contribution in [2.75, 3.05) is 6.61 Å². The van der Waals surface area contributed by atoms with Crippen molar-refractivity contribution in [3.8, 4) is 28.7 Å². The smallest absolute Gasteiger partial charge is 0.181 e. The van der Waals surface area contributed by atoms with E-state index in [1.54, 1.807) is 0 Å². The molecule has 2 aromatic carbocycles. The molecule has 4 N–H and O–H groups in total. The minimum Gasteiger partial charge on any atom is -0.508 e. The van der Waals surface area contributed by atoms with E-state index in [1.807, 2.05) is 39.8 Å². The average molecular weight is 424 g/mol. The van der Waals surface area contributed by atoms with Gasteiger partial charge in [-0.2, -0.15) is 0 Å². The van der Waals surface area contributed by atoms with E-state index in [0.717, 1.165) is 17.2 Å². The molecule has 0 fully saturated rings. The largest absolute Gasteiger partial charge is 0.508 e. The third-order valence-corrected chi connectivity index (χ3v) is 5.39. The number of allylic oxidation sites excluding steroid dienone is 4. The highest BCUT2D eigenvalue weighted by Crippen LogP contribution is 2.46. The molecule has 0 aromatic heterocycles. The van der Waals surface area contributed by atoms with Gasteiger partial charge in [0.1, 0.15) is 40.9 Å². The van der Waals surface area contributed by atoms with Gasteiger partial charge < -0.3 is 25.2 Å². The molecule has 6 heteroatoms. The van der Waals surface area contributed by atoms with Crippen molar-refractivity contribution in [1.82, 2.24) is 0 Å². The van der Waals surface area contributed by atoms with Crippen LogP contribution in [-0.2, 0) is 12.8 Å². The van der Waals surface area contributed by atoms with Gasteiger partial charge in [0.15, 0.2) is 5.78 Å². The summed E-state index contributed by atoms with van der Waals surface area (Å²) in [6.07, 6.45) is 4.44. The van der Waals surface area contributed by atoms with Gasteiger partial charge in [0, 0.05) is 22.8 Å². The number of hydrogen-bond donors (Lipinski definition) is 4. The molecule has 0 spiro atoms. The maximum absolute atomic E-state index is 13.3. The molecule has 1 aliphatic heterocycles. The zero-order valence-electron chi connectivity index (χ0n) is 18.2. The molecule has 0 saturated heterocycles. The van der Waals surface area contributed by atoms with Crippen LogP contribution in [0.5, 0.6) is 28.7 Å². The summed E-state index contributed by atoms with van der Waals surface area (Å²) in [5.41, 5.74) is 3.15. The van der Waals surface area contributed by atoms with Gasteiger partial charge in [0.2, 0.25) is 0 Å². The zero-order valence-corrected chi connectivity index (χ0v) is 18.2. The molecule has 1 heterocycles. The van der Waals surface area contributed by atoms with Crippen LogP contribution in [0.3, 0.4) is 0 Å². The second kappa shape index (κ2) is 8.76. The highest BCUT2D eigenvalue weighted by molar-refractivity contribution is 6.07. The van der Waals surface area contributed by atoms with Crippen LogP contribution in [0.25, 0.3) is 0 Å². The van der Waals surface area contributed by atoms with Crippen molar-refractivity contribution < 1.29 is 30.0 Å². The first-order valence-electron chi connectivity index (χ1n) is 10.2. The summed E-state index contributed by atoms with van der Waals surface area (Å²) >= 11 is 0. The number of benzene rings is 2. The lowest BCUT2D eigenvalue weighted by Crippen LogP contribution is -2.27. The van der Waals surface area contributed by atoms with Crippen LogP contribution in [0.4, 0.5) is 0 Å². The lowest BCUT2D eigenvalue weighted by Gasteiger charge is -2.28. The second-order valence-corrected chi connectivity index (χ2v) is 8.30. The highest BCUT2D eigenvalue weighted by Gasteiger charge is 2.37. The Morgan fingerprint density at radius 3 is 2.16 bits per heavy atom. The number of ether oxygens (including phenoxy) is 1. The minimum absolute atomic E-state index is 0.00969. The van der Waals surface area contributed by atoms with E-state index in [9.17, 15) is 25.2 Å². The first-order chi connectivity index (χ1) is 14.6. The quantitative estimate of drug-likeness (QED) is 0.509. The molecular weight excluding hydrogens is 396 g/mol. The van der Waals surface area contributed by atoms with E-state index in [4.69, 9.17) is 4.74 Å². The molecule has 0 radical (unpaired) electrons. The summed E-state index contributed by atoms with van der Waals surface area (Å²) in [7, 11) is 0. The SMILES string of the molecule is CC(C)=CCc1c(O)ccc([C@H]2COc3c(CC=C(C)C)c(O)cc(O)c3C2=O)c1O. The Bertz CT molecular complexity index is 1090. The topological polar surface area (TPSA) is 107 Å². The molecule has 0 bridgehead atoms. The Kier molecular flexibility index (Phi) is 6.29. The van der Waals surface area contributed by atoms with E-state index in [-0.39, 0.29) is 40.9 Å². The fourth-order valence-corrected chi connectivity index (χ4v) is 3.65. The number of phenolic OH excluding ortho intramolecular Hbond substituents is 4. The Labute approximate surface area is 181 Å². The average Bonchev–Trinajstić information content (AvgIpc) is 2.67. The minimum atomic E-state index is -0.856. The molecule has 164 valence electrons. The summed E-state index contributed by atoms with van der Waals surface area (Å²) in [6.45, 7) is 7.62. The van der Waals surface area contributed by atoms with E-state index in [2.05, 4.69) is 0 Å². The van der Waals surface area contributed by atoms with Crippen LogP contribution in [0.1, 0.15) is 60.7 Å². The molecule has 1 atom stereocenters. The van der Waals surface area contributed by atoms with Gasteiger partial charge in [-0.05, 0) is 46.6 Å². The van der Waals surface area contributed by atoms with Gasteiger partial charge in [0.25, 0.3) is 0 Å². The molecule has 3 rings (SSSR count). The number of fused-ring (bicyclic) bond motifs is 1. The monoisotopic (exact) mass is 424 g/mol. The van der Waals surface area contributed by atoms with Gasteiger partial charge in [-0.25, -0.2) is 0 Å². The summed E-state index contributed by atoms with van der Waals surface area (Å²) in [5.74, 6) is -1.83. The predicted octanol–water partition coefficient (Wildman–Crippen LogP) is 4.89. The number of Topliss-reactive ketones (excluding diaryl/α,β-unsaturated/α-hetero) is 1. The number of carbonyl (C=O) groups excluding carboxylic acids is 1. The van der Waals surface area contributed by atoms with Crippen molar-refractivity contribution in [2.45, 2.75) is 46.5 Å². The Hall–Kier alpha value is -3.41. The first kappa shape index (κ1) is 22.3. The Morgan fingerprint density at radius 1 is 0.935 bits per heavy atom. The number of ketones is 1. The molecule has 6 nitrogen and oxygen atoms in total. The van der Waals surface area contributed by atoms with E-state index >= 15 is 0 Å². The third-order valence-electron chi connectivity index (χ3n) is 5.39. The van der Waals surface area contributed by atoms with Crippen molar-refractivity contribution in [2.24, 2.45) is 0 Å². The highest BCUT2D eigenvalue weighted by atomic mass is 16.5. The van der Waals surface area contributed by atoms with Crippen molar-refractivity contribution >= 4 is 5.78 Å². The van der Waals surface area contributed by atoms with E-state index in [0.29, 0.717) is 29.5 Å². The van der Waals surface area contributed by atoms with Gasteiger partial charge >= 0.3 is 0 Å². The molecule has 2 aromatic rings. The van der Waals surface area contributed by atoms with E-state index in [1.165, 1.54) is 12.1 Å². The molecule has 0 aliphatic carbocycles. The molecular formula is C25H28O6. The first-order valence-corrected chi connectivity index (χ1v) is 10.2. The lowest BCUT2D eigenvalue weighted by atomic mass is 9.85. The number of aromatic hydroxyl groups is 4. The van der Waals surface area contributed by atoms with Crippen LogP contribution < -0.4 is 4.74 Å². The zero-order chi connectivity index (χ0) is 22.9. The fraction of sp³-hybridized carbons (Fsp3) is 0.320. The fourth-order valence-electron chi connectivity index (χ4n) is 3.65. The summed E-state index contributed by atoms with van der Waals surface area (Å²) in [4.78, 5) is 13.3. The second-order valence-electron chi connectivity index (χ2n) is 8.30. The number of carbonyl (C=O) groups is 1. The predicted molar refractivity (Wildman–Crippen MR) is 118 cm³/mol. The Balaban J connectivity index is 2.06. The molecule has 31 heavy (non-hydrogen) atoms. The van der Waals surface area contributed by atoms with Gasteiger partial charge in [-0.1, -0.05) is 29.4 Å². The van der Waals surface area contributed by atoms with Crippen LogP contribution in [0, 0.1) is 0 Å². The van der Waals surface area contributed by atoms with Crippen molar-refractivity contribution in [3.63, 3.8) is 0 Å². The summed E-state index contributed by atoms with van der Waals surface area (Å²) in [5, 5.41) is 41.7. The van der Waals surface area contributed by atoms with Crippen molar-refractivity contribution in [1.29, 1.82) is 0 Å². The summed E-state index contributed by atoms with van der Waals surface area (Å²) < 4.78 is 5.85. The van der Waals surface area contributed by atoms with Crippen LogP contribution in [0.15, 0.2) is 41.5 Å². The maximum Gasteiger partial charge on any atom is 0.181 e. The standard InChI is InChI=1S/C25H28O6/c1-13(2)5-7-16-19(26)10-9-15(23(16)29)18-12-31-25-17(8-6-14(3)4)20(27)11-21(28)22(25)24(18)30/h5-6,9-11,18,26-29H,7-8,12H2,1-4H3/t18-/m1/s1. The van der Waals surface area contributed by atoms with Gasteiger partial charge in [0.05, 0.1) is 5.92 Å². The number of phenols is 4.